The Labute approximate surface area is 155 Å². The molecule has 1 fully saturated rings. The number of benzene rings is 1. The number of fused-ring (bicyclic) bond motifs is 1. The molecule has 2 N–H and O–H groups in total. The molecule has 0 radical (unpaired) electrons. The van der Waals surface area contributed by atoms with Crippen molar-refractivity contribution < 1.29 is 14.3 Å². The Hall–Kier alpha value is -1.51. The summed E-state index contributed by atoms with van der Waals surface area (Å²) in [6.07, 6.45) is 0.802. The van der Waals surface area contributed by atoms with E-state index in [1.807, 2.05) is 39.0 Å². The minimum absolute atomic E-state index is 0.0270. The van der Waals surface area contributed by atoms with E-state index in [9.17, 15) is 9.59 Å². The minimum Gasteiger partial charge on any atom is -0.444 e. The molecule has 0 atom stereocenters. The Morgan fingerprint density at radius 2 is 1.92 bits per heavy atom. The van der Waals surface area contributed by atoms with Crippen molar-refractivity contribution in [2.75, 3.05) is 23.7 Å². The van der Waals surface area contributed by atoms with Crippen molar-refractivity contribution in [3.05, 3.63) is 21.8 Å². The highest BCUT2D eigenvalue weighted by molar-refractivity contribution is 14.1. The lowest BCUT2D eigenvalue weighted by atomic mass is 9.84. The van der Waals surface area contributed by atoms with E-state index in [1.165, 1.54) is 0 Å². The van der Waals surface area contributed by atoms with E-state index in [1.54, 1.807) is 4.90 Å². The SMILES string of the molecule is CC(C)(C)OC(=O)N1CCC2(CC1)Nc1ccc(I)cc1NC2=O. The molecule has 0 saturated carbocycles. The number of likely N-dealkylation sites (tertiary alicyclic amines) is 1. The molecule has 0 aliphatic carbocycles. The summed E-state index contributed by atoms with van der Waals surface area (Å²) in [5, 5.41) is 6.41. The van der Waals surface area contributed by atoms with Crippen molar-refractivity contribution in [3.8, 4) is 0 Å². The van der Waals surface area contributed by atoms with Crippen molar-refractivity contribution in [1.82, 2.24) is 4.90 Å². The summed E-state index contributed by atoms with van der Waals surface area (Å²) in [5.41, 5.74) is 0.578. The van der Waals surface area contributed by atoms with E-state index in [0.717, 1.165) is 14.9 Å². The van der Waals surface area contributed by atoms with Crippen molar-refractivity contribution in [2.45, 2.75) is 44.8 Å². The van der Waals surface area contributed by atoms with Crippen LogP contribution in [-0.4, -0.2) is 41.1 Å². The highest BCUT2D eigenvalue weighted by atomic mass is 127. The summed E-state index contributed by atoms with van der Waals surface area (Å²) in [7, 11) is 0. The third kappa shape index (κ3) is 3.45. The largest absolute Gasteiger partial charge is 0.444 e. The van der Waals surface area contributed by atoms with E-state index in [0.29, 0.717) is 25.9 Å². The number of rotatable bonds is 0. The van der Waals surface area contributed by atoms with Gasteiger partial charge in [-0.05, 0) is 74.4 Å². The molecular formula is C17H22IN3O3. The van der Waals surface area contributed by atoms with Gasteiger partial charge in [-0.1, -0.05) is 0 Å². The number of piperidine rings is 1. The van der Waals surface area contributed by atoms with Gasteiger partial charge >= 0.3 is 6.09 Å². The van der Waals surface area contributed by atoms with Gasteiger partial charge in [0.05, 0.1) is 11.4 Å². The number of ether oxygens (including phenoxy) is 1. The average Bonchev–Trinajstić information content (AvgIpc) is 2.48. The number of carbonyl (C=O) groups is 2. The number of amides is 2. The van der Waals surface area contributed by atoms with Gasteiger partial charge in [-0.2, -0.15) is 0 Å². The predicted molar refractivity (Wildman–Crippen MR) is 101 cm³/mol. The maximum Gasteiger partial charge on any atom is 0.410 e. The Bertz CT molecular complexity index is 676. The lowest BCUT2D eigenvalue weighted by Gasteiger charge is -2.44. The smallest absolute Gasteiger partial charge is 0.410 e. The number of nitrogens with zero attached hydrogens (tertiary/aromatic N) is 1. The van der Waals surface area contributed by atoms with Gasteiger partial charge in [0.25, 0.3) is 0 Å². The zero-order valence-electron chi connectivity index (χ0n) is 14.1. The molecule has 6 nitrogen and oxygen atoms in total. The van der Waals surface area contributed by atoms with Gasteiger partial charge in [-0.25, -0.2) is 4.79 Å². The number of hydrogen-bond donors (Lipinski definition) is 2. The topological polar surface area (TPSA) is 70.7 Å². The standard InChI is InChI=1S/C17H22IN3O3/c1-16(2,3)24-15(23)21-8-6-17(7-9-21)14(22)19-13-10-11(18)4-5-12(13)20-17/h4-5,10,20H,6-9H2,1-3H3,(H,19,22). The molecule has 2 aliphatic heterocycles. The molecule has 2 aliphatic rings. The Kier molecular flexibility index (Phi) is 4.39. The van der Waals surface area contributed by atoms with Crippen LogP contribution in [0.4, 0.5) is 16.2 Å². The van der Waals surface area contributed by atoms with Gasteiger partial charge in [-0.15, -0.1) is 0 Å². The second kappa shape index (κ2) is 6.09. The molecule has 24 heavy (non-hydrogen) atoms. The number of anilines is 2. The molecule has 2 amide bonds. The van der Waals surface area contributed by atoms with Crippen molar-refractivity contribution >= 4 is 46.0 Å². The molecule has 130 valence electrons. The number of hydrogen-bond acceptors (Lipinski definition) is 4. The van der Waals surface area contributed by atoms with Crippen molar-refractivity contribution in [3.63, 3.8) is 0 Å². The van der Waals surface area contributed by atoms with Gasteiger partial charge in [0, 0.05) is 16.7 Å². The van der Waals surface area contributed by atoms with E-state index >= 15 is 0 Å². The van der Waals surface area contributed by atoms with Crippen LogP contribution in [0, 0.1) is 3.57 Å². The second-order valence-corrected chi connectivity index (χ2v) is 8.56. The summed E-state index contributed by atoms with van der Waals surface area (Å²) in [4.78, 5) is 26.5. The third-order valence-corrected chi connectivity index (χ3v) is 4.98. The number of halogens is 1. The van der Waals surface area contributed by atoms with Crippen molar-refractivity contribution in [2.24, 2.45) is 0 Å². The first-order valence-corrected chi connectivity index (χ1v) is 9.14. The van der Waals surface area contributed by atoms with Crippen LogP contribution < -0.4 is 10.6 Å². The zero-order valence-corrected chi connectivity index (χ0v) is 16.3. The predicted octanol–water partition coefficient (Wildman–Crippen LogP) is 3.42. The monoisotopic (exact) mass is 443 g/mol. The van der Waals surface area contributed by atoms with Crippen LogP contribution in [0.3, 0.4) is 0 Å². The summed E-state index contributed by atoms with van der Waals surface area (Å²) in [6, 6.07) is 5.94. The third-order valence-electron chi connectivity index (χ3n) is 4.31. The minimum atomic E-state index is -0.654. The van der Waals surface area contributed by atoms with Gasteiger partial charge in [0.15, 0.2) is 0 Å². The van der Waals surface area contributed by atoms with Crippen LogP contribution in [0.25, 0.3) is 0 Å². The Balaban J connectivity index is 1.70. The number of carbonyl (C=O) groups excluding carboxylic acids is 2. The molecular weight excluding hydrogens is 421 g/mol. The van der Waals surface area contributed by atoms with E-state index in [4.69, 9.17) is 4.74 Å². The summed E-state index contributed by atoms with van der Waals surface area (Å²) >= 11 is 2.22. The molecule has 2 heterocycles. The maximum atomic E-state index is 12.6. The van der Waals surface area contributed by atoms with E-state index < -0.39 is 11.1 Å². The van der Waals surface area contributed by atoms with Gasteiger partial charge < -0.3 is 20.3 Å². The Morgan fingerprint density at radius 3 is 2.54 bits per heavy atom. The fraction of sp³-hybridized carbons (Fsp3) is 0.529. The highest BCUT2D eigenvalue weighted by Crippen LogP contribution is 2.37. The van der Waals surface area contributed by atoms with Crippen molar-refractivity contribution in [1.29, 1.82) is 0 Å². The molecule has 1 spiro atoms. The molecule has 3 rings (SSSR count). The molecule has 1 aromatic carbocycles. The molecule has 7 heteroatoms. The summed E-state index contributed by atoms with van der Waals surface area (Å²) < 4.78 is 6.49. The van der Waals surface area contributed by atoms with Gasteiger partial charge in [-0.3, -0.25) is 4.79 Å². The fourth-order valence-electron chi connectivity index (χ4n) is 3.03. The quantitative estimate of drug-likeness (QED) is 0.603. The van der Waals surface area contributed by atoms with Crippen LogP contribution in [0.15, 0.2) is 18.2 Å². The summed E-state index contributed by atoms with van der Waals surface area (Å²) in [5.74, 6) is -0.0270. The van der Waals surface area contributed by atoms with Crippen LogP contribution in [0.5, 0.6) is 0 Å². The molecule has 1 saturated heterocycles. The van der Waals surface area contributed by atoms with Gasteiger partial charge in [0.2, 0.25) is 5.91 Å². The lowest BCUT2D eigenvalue weighted by molar-refractivity contribution is -0.122. The first kappa shape index (κ1) is 17.3. The van der Waals surface area contributed by atoms with Crippen LogP contribution >= 0.6 is 22.6 Å². The van der Waals surface area contributed by atoms with Gasteiger partial charge in [0.1, 0.15) is 11.1 Å². The second-order valence-electron chi connectivity index (χ2n) is 7.32. The maximum absolute atomic E-state index is 12.6. The first-order valence-electron chi connectivity index (χ1n) is 8.06. The van der Waals surface area contributed by atoms with E-state index in [2.05, 4.69) is 33.2 Å². The average molecular weight is 443 g/mol. The summed E-state index contributed by atoms with van der Waals surface area (Å²) in [6.45, 7) is 6.55. The highest BCUT2D eigenvalue weighted by Gasteiger charge is 2.45. The first-order chi connectivity index (χ1) is 11.2. The number of nitrogens with one attached hydrogen (secondary N) is 2. The molecule has 0 aromatic heterocycles. The van der Waals surface area contributed by atoms with Crippen LogP contribution in [0.1, 0.15) is 33.6 Å². The normalized spacial score (nSPS) is 19.3. The molecule has 0 unspecified atom stereocenters. The Morgan fingerprint density at radius 1 is 1.25 bits per heavy atom. The molecule has 0 bridgehead atoms. The van der Waals surface area contributed by atoms with E-state index in [-0.39, 0.29) is 12.0 Å². The zero-order chi connectivity index (χ0) is 17.5. The van der Waals surface area contributed by atoms with Crippen LogP contribution in [-0.2, 0) is 9.53 Å². The lowest BCUT2D eigenvalue weighted by Crippen LogP contribution is -2.59. The fourth-order valence-corrected chi connectivity index (χ4v) is 3.53. The van der Waals surface area contributed by atoms with Crippen LogP contribution in [0.2, 0.25) is 0 Å². The molecule has 1 aromatic rings.